The maximum absolute atomic E-state index is 12.4. The van der Waals surface area contributed by atoms with Gasteiger partial charge in [-0.15, -0.1) is 0 Å². The van der Waals surface area contributed by atoms with Gasteiger partial charge in [0.2, 0.25) is 10.0 Å². The molecule has 0 atom stereocenters. The number of pyridine rings is 1. The molecule has 0 aliphatic heterocycles. The van der Waals surface area contributed by atoms with Gasteiger partial charge in [-0.3, -0.25) is 0 Å². The fraction of sp³-hybridized carbons (Fsp3) is 0.143. The molecule has 0 aliphatic rings. The van der Waals surface area contributed by atoms with Crippen molar-refractivity contribution in [3.8, 4) is 6.07 Å². The number of hydrogen-bond acceptors (Lipinski definition) is 5. The minimum atomic E-state index is -4.38. The highest BCUT2D eigenvalue weighted by Crippen LogP contribution is 2.30. The van der Waals surface area contributed by atoms with E-state index >= 15 is 0 Å². The second-order valence-electron chi connectivity index (χ2n) is 2.76. The van der Waals surface area contributed by atoms with E-state index in [1.165, 1.54) is 6.07 Å². The van der Waals surface area contributed by atoms with Gasteiger partial charge in [0.1, 0.15) is 11.0 Å². The Kier molecular flexibility index (Phi) is 3.06. The van der Waals surface area contributed by atoms with Crippen LogP contribution in [0.1, 0.15) is 17.7 Å². The van der Waals surface area contributed by atoms with Gasteiger partial charge in [0, 0.05) is 6.20 Å². The third-order valence-corrected chi connectivity index (χ3v) is 2.71. The summed E-state index contributed by atoms with van der Waals surface area (Å²) >= 11 is 0. The summed E-state index contributed by atoms with van der Waals surface area (Å²) in [6.07, 6.45) is -2.35. The summed E-state index contributed by atoms with van der Waals surface area (Å²) in [6, 6.07) is 1.41. The predicted octanol–water partition coefficient (Wildman–Crippen LogP) is 0.120. The van der Waals surface area contributed by atoms with Crippen molar-refractivity contribution in [2.75, 3.05) is 5.73 Å². The number of sulfonamides is 1. The van der Waals surface area contributed by atoms with Crippen LogP contribution in [0.4, 0.5) is 14.5 Å². The van der Waals surface area contributed by atoms with E-state index in [4.69, 9.17) is 16.1 Å². The van der Waals surface area contributed by atoms with Crippen LogP contribution < -0.4 is 10.9 Å². The summed E-state index contributed by atoms with van der Waals surface area (Å²) in [5, 5.41) is 13.3. The van der Waals surface area contributed by atoms with E-state index in [2.05, 4.69) is 4.98 Å². The highest BCUT2D eigenvalue weighted by Gasteiger charge is 2.24. The molecule has 0 fully saturated rings. The average molecular weight is 248 g/mol. The van der Waals surface area contributed by atoms with E-state index < -0.39 is 38.3 Å². The molecule has 0 aliphatic carbocycles. The van der Waals surface area contributed by atoms with Gasteiger partial charge in [0.25, 0.3) is 6.43 Å². The molecule has 0 bridgehead atoms. The van der Waals surface area contributed by atoms with E-state index in [1.54, 1.807) is 0 Å². The van der Waals surface area contributed by atoms with Crippen molar-refractivity contribution in [2.45, 2.75) is 11.3 Å². The van der Waals surface area contributed by atoms with Crippen LogP contribution in [0.15, 0.2) is 11.1 Å². The van der Waals surface area contributed by atoms with Crippen molar-refractivity contribution >= 4 is 15.7 Å². The van der Waals surface area contributed by atoms with E-state index in [-0.39, 0.29) is 0 Å². The van der Waals surface area contributed by atoms with Crippen LogP contribution in [-0.2, 0) is 10.0 Å². The number of rotatable bonds is 2. The fourth-order valence-corrected chi connectivity index (χ4v) is 1.85. The van der Waals surface area contributed by atoms with Crippen LogP contribution in [0.5, 0.6) is 0 Å². The van der Waals surface area contributed by atoms with Crippen molar-refractivity contribution in [3.63, 3.8) is 0 Å². The zero-order valence-electron chi connectivity index (χ0n) is 7.68. The number of nitrogens with zero attached hydrogens (tertiary/aromatic N) is 2. The summed E-state index contributed by atoms with van der Waals surface area (Å²) < 4.78 is 46.9. The Hall–Kier alpha value is -1.79. The molecular weight excluding hydrogens is 242 g/mol. The number of aromatic nitrogens is 1. The number of hydrogen-bond donors (Lipinski definition) is 2. The van der Waals surface area contributed by atoms with E-state index in [0.29, 0.717) is 6.20 Å². The Morgan fingerprint density at radius 3 is 2.44 bits per heavy atom. The lowest BCUT2D eigenvalue weighted by Crippen LogP contribution is -2.18. The predicted molar refractivity (Wildman–Crippen MR) is 49.7 cm³/mol. The second-order valence-corrected chi connectivity index (χ2v) is 4.26. The number of anilines is 1. The Balaban J connectivity index is 3.69. The SMILES string of the molecule is N#Cc1ncc(C(F)F)c(N)c1S(N)(=O)=O. The fourth-order valence-electron chi connectivity index (χ4n) is 1.06. The van der Waals surface area contributed by atoms with Crippen LogP contribution in [0.25, 0.3) is 0 Å². The molecule has 1 rings (SSSR count). The van der Waals surface area contributed by atoms with Crippen LogP contribution in [0, 0.1) is 11.3 Å². The smallest absolute Gasteiger partial charge is 0.267 e. The first kappa shape index (κ1) is 12.3. The Morgan fingerprint density at radius 1 is 1.50 bits per heavy atom. The molecule has 1 aromatic heterocycles. The molecule has 6 nitrogen and oxygen atoms in total. The van der Waals surface area contributed by atoms with E-state index in [9.17, 15) is 17.2 Å². The second kappa shape index (κ2) is 3.99. The van der Waals surface area contributed by atoms with Gasteiger partial charge < -0.3 is 5.73 Å². The van der Waals surface area contributed by atoms with Crippen molar-refractivity contribution < 1.29 is 17.2 Å². The Labute approximate surface area is 89.5 Å². The maximum Gasteiger partial charge on any atom is 0.267 e. The number of halogens is 2. The first-order valence-electron chi connectivity index (χ1n) is 3.78. The Morgan fingerprint density at radius 2 is 2.06 bits per heavy atom. The van der Waals surface area contributed by atoms with Crippen LogP contribution in [0.2, 0.25) is 0 Å². The summed E-state index contributed by atoms with van der Waals surface area (Å²) in [4.78, 5) is 2.40. The molecule has 1 heterocycles. The lowest BCUT2D eigenvalue weighted by atomic mass is 10.2. The minimum Gasteiger partial charge on any atom is -0.397 e. The van der Waals surface area contributed by atoms with Crippen molar-refractivity contribution in [1.82, 2.24) is 4.98 Å². The summed E-state index contributed by atoms with van der Waals surface area (Å²) in [6.45, 7) is 0. The largest absolute Gasteiger partial charge is 0.397 e. The average Bonchev–Trinajstić information content (AvgIpc) is 2.14. The number of nitrogens with two attached hydrogens (primary N) is 2. The van der Waals surface area contributed by atoms with Crippen molar-refractivity contribution in [3.05, 3.63) is 17.5 Å². The van der Waals surface area contributed by atoms with Gasteiger partial charge >= 0.3 is 0 Å². The minimum absolute atomic E-state index is 0.607. The van der Waals surface area contributed by atoms with Gasteiger partial charge in [-0.25, -0.2) is 27.3 Å². The number of nitriles is 1. The molecule has 16 heavy (non-hydrogen) atoms. The van der Waals surface area contributed by atoms with Gasteiger partial charge in [-0.1, -0.05) is 0 Å². The van der Waals surface area contributed by atoms with Crippen molar-refractivity contribution in [1.29, 1.82) is 5.26 Å². The summed E-state index contributed by atoms with van der Waals surface area (Å²) in [5.41, 5.74) is 3.09. The van der Waals surface area contributed by atoms with Crippen molar-refractivity contribution in [2.24, 2.45) is 5.14 Å². The molecule has 9 heteroatoms. The Bertz CT molecular complexity index is 564. The first-order chi connectivity index (χ1) is 7.29. The molecule has 1 aromatic rings. The van der Waals surface area contributed by atoms with Crippen LogP contribution in [0.3, 0.4) is 0 Å². The zero-order valence-corrected chi connectivity index (χ0v) is 8.50. The molecule has 0 aromatic carbocycles. The van der Waals surface area contributed by atoms with Crippen LogP contribution in [-0.4, -0.2) is 13.4 Å². The first-order valence-corrected chi connectivity index (χ1v) is 5.33. The summed E-state index contributed by atoms with van der Waals surface area (Å²) in [7, 11) is -4.38. The molecule has 0 amide bonds. The lowest BCUT2D eigenvalue weighted by Gasteiger charge is -2.09. The van der Waals surface area contributed by atoms with E-state index in [0.717, 1.165) is 0 Å². The standard InChI is InChI=1S/C7H6F2N4O2S/c8-7(9)3-2-13-4(1-10)6(5(3)11)16(12,14)15/h2,7H,(H2,11,13)(H2,12,14,15). The van der Waals surface area contributed by atoms with E-state index in [1.807, 2.05) is 0 Å². The molecule has 0 saturated heterocycles. The topological polar surface area (TPSA) is 123 Å². The highest BCUT2D eigenvalue weighted by molar-refractivity contribution is 7.89. The third-order valence-electron chi connectivity index (χ3n) is 1.73. The molecule has 0 radical (unpaired) electrons. The lowest BCUT2D eigenvalue weighted by molar-refractivity contribution is 0.151. The number of primary sulfonamides is 1. The summed E-state index contributed by atoms with van der Waals surface area (Å²) in [5.74, 6) is 0. The van der Waals surface area contributed by atoms with Crippen LogP contribution >= 0.6 is 0 Å². The molecule has 0 saturated carbocycles. The highest BCUT2D eigenvalue weighted by atomic mass is 32.2. The van der Waals surface area contributed by atoms with Gasteiger partial charge in [-0.2, -0.15) is 5.26 Å². The molecule has 4 N–H and O–H groups in total. The maximum atomic E-state index is 12.4. The normalized spacial score (nSPS) is 11.4. The molecular formula is C7H6F2N4O2S. The molecule has 0 unspecified atom stereocenters. The zero-order chi connectivity index (χ0) is 12.5. The monoisotopic (exact) mass is 248 g/mol. The molecule has 0 spiro atoms. The van der Waals surface area contributed by atoms with Gasteiger partial charge in [0.15, 0.2) is 5.69 Å². The quantitative estimate of drug-likeness (QED) is 0.769. The molecule has 86 valence electrons. The third kappa shape index (κ3) is 2.07. The van der Waals surface area contributed by atoms with Gasteiger partial charge in [0.05, 0.1) is 11.3 Å². The number of alkyl halides is 2. The van der Waals surface area contributed by atoms with Gasteiger partial charge in [-0.05, 0) is 0 Å². The number of nitrogen functional groups attached to an aromatic ring is 1.